The molecule has 2 N–H and O–H groups in total. The van der Waals surface area contributed by atoms with Gasteiger partial charge in [-0.2, -0.15) is 0 Å². The molecule has 1 atom stereocenters. The Morgan fingerprint density at radius 3 is 2.06 bits per heavy atom. The van der Waals surface area contributed by atoms with Gasteiger partial charge in [-0.15, -0.1) is 0 Å². The van der Waals surface area contributed by atoms with E-state index in [-0.39, 0.29) is 23.0 Å². The Balaban J connectivity index is 1.56. The van der Waals surface area contributed by atoms with Gasteiger partial charge in [-0.3, -0.25) is 4.79 Å². The average molecular weight is 451 g/mol. The van der Waals surface area contributed by atoms with Crippen molar-refractivity contribution in [2.45, 2.75) is 32.7 Å². The monoisotopic (exact) mass is 450 g/mol. The number of benzene rings is 2. The number of carbonyl (C=O) groups excluding carboxylic acids is 3. The molecule has 1 unspecified atom stereocenters. The predicted molar refractivity (Wildman–Crippen MR) is 124 cm³/mol. The van der Waals surface area contributed by atoms with Crippen molar-refractivity contribution in [2.24, 2.45) is 5.41 Å². The second-order valence-electron chi connectivity index (χ2n) is 9.36. The fourth-order valence-corrected chi connectivity index (χ4v) is 4.53. The molecule has 2 aliphatic rings. The lowest BCUT2D eigenvalue weighted by Crippen LogP contribution is -2.50. The highest BCUT2D eigenvalue weighted by Crippen LogP contribution is 2.46. The molecule has 1 heterocycles. The van der Waals surface area contributed by atoms with Crippen LogP contribution in [0.25, 0.3) is 0 Å². The van der Waals surface area contributed by atoms with E-state index < -0.39 is 12.1 Å². The number of allylic oxidation sites excluding steroid dienone is 1. The number of nitrogens with zero attached hydrogens (tertiary/aromatic N) is 2. The lowest BCUT2D eigenvalue weighted by atomic mass is 9.72. The van der Waals surface area contributed by atoms with Gasteiger partial charge >= 0.3 is 12.1 Å². The first-order valence-corrected chi connectivity index (χ1v) is 10.8. The molecule has 7 nitrogen and oxygen atoms in total. The summed E-state index contributed by atoms with van der Waals surface area (Å²) in [4.78, 5) is 41.4. The number of carbonyl (C=O) groups is 3. The van der Waals surface area contributed by atoms with E-state index in [2.05, 4.69) is 10.6 Å². The molecule has 0 fully saturated rings. The molecule has 0 aromatic heterocycles. The van der Waals surface area contributed by atoms with Gasteiger partial charge < -0.3 is 20.4 Å². The van der Waals surface area contributed by atoms with E-state index in [4.69, 9.17) is 0 Å². The molecule has 2 aromatic rings. The number of hydrogen-bond donors (Lipinski definition) is 2. The first-order chi connectivity index (χ1) is 15.6. The van der Waals surface area contributed by atoms with Crippen LogP contribution >= 0.6 is 0 Å². The molecule has 1 aliphatic carbocycles. The summed E-state index contributed by atoms with van der Waals surface area (Å²) in [5.74, 6) is -0.328. The number of amides is 4. The number of likely N-dealkylation sites (N-methyl/N-ethyl adjacent to an activating group) is 1. The van der Waals surface area contributed by atoms with Crippen LogP contribution in [0.4, 0.5) is 25.4 Å². The average Bonchev–Trinajstić information content (AvgIpc) is 2.75. The zero-order valence-corrected chi connectivity index (χ0v) is 19.1. The summed E-state index contributed by atoms with van der Waals surface area (Å²) in [6.45, 7) is 4.08. The van der Waals surface area contributed by atoms with Crippen LogP contribution in [0.2, 0.25) is 0 Å². The van der Waals surface area contributed by atoms with Gasteiger partial charge in [0.1, 0.15) is 5.82 Å². The third kappa shape index (κ3) is 4.46. The maximum atomic E-state index is 13.1. The van der Waals surface area contributed by atoms with Gasteiger partial charge in [0, 0.05) is 43.2 Å². The first-order valence-electron chi connectivity index (χ1n) is 10.8. The maximum absolute atomic E-state index is 13.1. The summed E-state index contributed by atoms with van der Waals surface area (Å²) in [6.07, 6.45) is 1.09. The van der Waals surface area contributed by atoms with Crippen molar-refractivity contribution >= 4 is 29.2 Å². The quantitative estimate of drug-likeness (QED) is 0.678. The Hall–Kier alpha value is -3.68. The van der Waals surface area contributed by atoms with Crippen LogP contribution in [-0.4, -0.2) is 41.7 Å². The van der Waals surface area contributed by atoms with E-state index >= 15 is 0 Å². The molecule has 0 bridgehead atoms. The summed E-state index contributed by atoms with van der Waals surface area (Å²) < 4.78 is 13.0. The number of Topliss-reactive ketones (excluding diaryl/α,β-unsaturated/α-hetero) is 1. The van der Waals surface area contributed by atoms with Crippen molar-refractivity contribution in [1.29, 1.82) is 0 Å². The molecule has 1 aliphatic heterocycles. The Labute approximate surface area is 192 Å². The Bertz CT molecular complexity index is 1140. The maximum Gasteiger partial charge on any atom is 0.324 e. The topological polar surface area (TPSA) is 81.8 Å². The lowest BCUT2D eigenvalue weighted by Gasteiger charge is -2.45. The molecule has 0 spiro atoms. The van der Waals surface area contributed by atoms with Crippen molar-refractivity contribution in [1.82, 2.24) is 9.80 Å². The van der Waals surface area contributed by atoms with E-state index in [0.717, 1.165) is 11.3 Å². The minimum atomic E-state index is -0.477. The third-order valence-electron chi connectivity index (χ3n) is 6.14. The second-order valence-corrected chi connectivity index (χ2v) is 9.36. The van der Waals surface area contributed by atoms with Gasteiger partial charge in [-0.1, -0.05) is 26.0 Å². The third-order valence-corrected chi connectivity index (χ3v) is 6.14. The molecule has 4 rings (SSSR count). The number of rotatable bonds is 3. The SMILES string of the molecule is CN1C(=O)N(C)C(c2ccc(NC(=O)Nc3ccc(F)cc3)cc2)C2=C1CC(C)(C)CC2=O. The normalized spacial score (nSPS) is 20.0. The van der Waals surface area contributed by atoms with E-state index in [1.54, 1.807) is 36.0 Å². The van der Waals surface area contributed by atoms with Crippen LogP contribution in [0, 0.1) is 11.2 Å². The Morgan fingerprint density at radius 1 is 0.939 bits per heavy atom. The number of urea groups is 2. The van der Waals surface area contributed by atoms with Crippen molar-refractivity contribution in [2.75, 3.05) is 24.7 Å². The summed E-state index contributed by atoms with van der Waals surface area (Å²) in [5, 5.41) is 5.36. The van der Waals surface area contributed by atoms with E-state index in [9.17, 15) is 18.8 Å². The van der Waals surface area contributed by atoms with Gasteiger partial charge in [-0.05, 0) is 53.8 Å². The molecule has 172 valence electrons. The van der Waals surface area contributed by atoms with Crippen LogP contribution in [-0.2, 0) is 4.79 Å². The van der Waals surface area contributed by atoms with Crippen molar-refractivity contribution in [3.63, 3.8) is 0 Å². The van der Waals surface area contributed by atoms with Gasteiger partial charge in [0.05, 0.1) is 6.04 Å². The number of nitrogens with one attached hydrogen (secondary N) is 2. The van der Waals surface area contributed by atoms with Crippen molar-refractivity contribution in [3.8, 4) is 0 Å². The van der Waals surface area contributed by atoms with Crippen LogP contribution in [0.15, 0.2) is 59.8 Å². The van der Waals surface area contributed by atoms with E-state index in [1.807, 2.05) is 26.0 Å². The lowest BCUT2D eigenvalue weighted by molar-refractivity contribution is -0.119. The van der Waals surface area contributed by atoms with Crippen LogP contribution < -0.4 is 10.6 Å². The van der Waals surface area contributed by atoms with Gasteiger partial charge in [0.25, 0.3) is 0 Å². The highest BCUT2D eigenvalue weighted by atomic mass is 19.1. The number of hydrogen-bond acceptors (Lipinski definition) is 3. The van der Waals surface area contributed by atoms with E-state index in [1.165, 1.54) is 24.3 Å². The molecule has 0 saturated carbocycles. The summed E-state index contributed by atoms with van der Waals surface area (Å²) in [6, 6.07) is 11.4. The first kappa shape index (κ1) is 22.5. The summed E-state index contributed by atoms with van der Waals surface area (Å²) in [7, 11) is 3.41. The molecule has 4 amide bonds. The fraction of sp³-hybridized carbons (Fsp3) is 0.320. The summed E-state index contributed by atoms with van der Waals surface area (Å²) >= 11 is 0. The molecular formula is C25H27FN4O3. The Kier molecular flexibility index (Phi) is 5.69. The van der Waals surface area contributed by atoms with Gasteiger partial charge in [-0.25, -0.2) is 14.0 Å². The largest absolute Gasteiger partial charge is 0.324 e. The highest BCUT2D eigenvalue weighted by molar-refractivity contribution is 6.02. The minimum absolute atomic E-state index is 0.0540. The molecule has 33 heavy (non-hydrogen) atoms. The molecular weight excluding hydrogens is 423 g/mol. The molecule has 0 radical (unpaired) electrons. The molecule has 8 heteroatoms. The Morgan fingerprint density at radius 2 is 1.48 bits per heavy atom. The molecule has 0 saturated heterocycles. The predicted octanol–water partition coefficient (Wildman–Crippen LogP) is 5.15. The van der Waals surface area contributed by atoms with Crippen molar-refractivity contribution in [3.05, 3.63) is 71.2 Å². The smallest absolute Gasteiger partial charge is 0.316 e. The van der Waals surface area contributed by atoms with Crippen LogP contribution in [0.5, 0.6) is 0 Å². The second kappa shape index (κ2) is 8.35. The van der Waals surface area contributed by atoms with E-state index in [0.29, 0.717) is 29.8 Å². The van der Waals surface area contributed by atoms with Crippen LogP contribution in [0.1, 0.15) is 38.3 Å². The zero-order chi connectivity index (χ0) is 23.9. The number of anilines is 2. The zero-order valence-electron chi connectivity index (χ0n) is 19.1. The number of halogens is 1. The highest BCUT2D eigenvalue weighted by Gasteiger charge is 2.45. The van der Waals surface area contributed by atoms with Gasteiger partial charge in [0.15, 0.2) is 5.78 Å². The minimum Gasteiger partial charge on any atom is -0.316 e. The summed E-state index contributed by atoms with van der Waals surface area (Å²) in [5.41, 5.74) is 3.06. The molecule has 2 aromatic carbocycles. The van der Waals surface area contributed by atoms with Gasteiger partial charge in [0.2, 0.25) is 0 Å². The van der Waals surface area contributed by atoms with Crippen LogP contribution in [0.3, 0.4) is 0 Å². The number of ketones is 1. The standard InChI is InChI=1S/C25H27FN4O3/c1-25(2)13-19-21(20(31)14-25)22(30(4)24(33)29(19)3)15-5-9-17(10-6-15)27-23(32)28-18-11-7-16(26)8-12-18/h5-12,22H,13-14H2,1-4H3,(H2,27,28,32). The van der Waals surface area contributed by atoms with Crippen molar-refractivity contribution < 1.29 is 18.8 Å². The fourth-order valence-electron chi connectivity index (χ4n) is 4.53.